The zero-order valence-corrected chi connectivity index (χ0v) is 14.4. The normalized spacial score (nSPS) is 25.9. The van der Waals surface area contributed by atoms with Crippen LogP contribution in [0.2, 0.25) is 0 Å². The molecule has 0 saturated carbocycles. The summed E-state index contributed by atoms with van der Waals surface area (Å²) < 4.78 is 15.6. The van der Waals surface area contributed by atoms with Crippen LogP contribution in [0.15, 0.2) is 35.6 Å². The third kappa shape index (κ3) is 3.26. The SMILES string of the molecule is CCOC(=O)[C@@]1(O)C[C@@H](c2ccc(OC)cc2)C2=C(O1)C(=O)CCC2. The van der Waals surface area contributed by atoms with Gasteiger partial charge in [-0.05, 0) is 43.0 Å². The van der Waals surface area contributed by atoms with E-state index in [1.165, 1.54) is 0 Å². The Morgan fingerprint density at radius 1 is 1.32 bits per heavy atom. The lowest BCUT2D eigenvalue weighted by atomic mass is 9.77. The topological polar surface area (TPSA) is 82.1 Å². The molecule has 0 spiro atoms. The quantitative estimate of drug-likeness (QED) is 0.844. The highest BCUT2D eigenvalue weighted by Gasteiger charge is 2.50. The summed E-state index contributed by atoms with van der Waals surface area (Å²) in [5, 5.41) is 10.8. The lowest BCUT2D eigenvalue weighted by Crippen LogP contribution is -2.48. The number of carbonyl (C=O) groups excluding carboxylic acids is 2. The van der Waals surface area contributed by atoms with Crippen LogP contribution in [0.3, 0.4) is 0 Å². The molecule has 0 radical (unpaired) electrons. The minimum atomic E-state index is -2.15. The van der Waals surface area contributed by atoms with Gasteiger partial charge in [-0.25, -0.2) is 4.79 Å². The lowest BCUT2D eigenvalue weighted by molar-refractivity contribution is -0.223. The van der Waals surface area contributed by atoms with Crippen LogP contribution in [0, 0.1) is 0 Å². The van der Waals surface area contributed by atoms with Gasteiger partial charge in [0.1, 0.15) is 5.75 Å². The van der Waals surface area contributed by atoms with E-state index in [1.54, 1.807) is 14.0 Å². The Hall–Kier alpha value is -2.34. The Morgan fingerprint density at radius 3 is 2.68 bits per heavy atom. The number of aliphatic hydroxyl groups is 1. The van der Waals surface area contributed by atoms with E-state index in [0.717, 1.165) is 17.6 Å². The van der Waals surface area contributed by atoms with Crippen LogP contribution in [-0.2, 0) is 19.1 Å². The Labute approximate surface area is 146 Å². The molecule has 1 aromatic carbocycles. The van der Waals surface area contributed by atoms with Crippen molar-refractivity contribution < 1.29 is 28.9 Å². The monoisotopic (exact) mass is 346 g/mol. The molecule has 6 nitrogen and oxygen atoms in total. The Morgan fingerprint density at radius 2 is 2.04 bits per heavy atom. The fraction of sp³-hybridized carbons (Fsp3) is 0.474. The van der Waals surface area contributed by atoms with E-state index in [9.17, 15) is 14.7 Å². The van der Waals surface area contributed by atoms with E-state index in [4.69, 9.17) is 14.2 Å². The molecule has 1 aliphatic carbocycles. The van der Waals surface area contributed by atoms with Crippen molar-refractivity contribution in [2.45, 2.75) is 44.3 Å². The second kappa shape index (κ2) is 6.88. The van der Waals surface area contributed by atoms with Crippen LogP contribution in [-0.4, -0.2) is 36.4 Å². The minimum absolute atomic E-state index is 0.0181. The number of ether oxygens (including phenoxy) is 3. The predicted octanol–water partition coefficient (Wildman–Crippen LogP) is 2.46. The van der Waals surface area contributed by atoms with Gasteiger partial charge < -0.3 is 19.3 Å². The van der Waals surface area contributed by atoms with Crippen molar-refractivity contribution in [3.63, 3.8) is 0 Å². The summed E-state index contributed by atoms with van der Waals surface area (Å²) in [4.78, 5) is 24.5. The van der Waals surface area contributed by atoms with Crippen LogP contribution in [0.1, 0.15) is 44.1 Å². The van der Waals surface area contributed by atoms with Gasteiger partial charge in [0.15, 0.2) is 11.5 Å². The van der Waals surface area contributed by atoms with Crippen molar-refractivity contribution in [2.24, 2.45) is 0 Å². The molecule has 2 aliphatic rings. The summed E-state index contributed by atoms with van der Waals surface area (Å²) >= 11 is 0. The third-order valence-electron chi connectivity index (χ3n) is 4.68. The largest absolute Gasteiger partial charge is 0.497 e. The highest BCUT2D eigenvalue weighted by molar-refractivity contribution is 5.96. The molecule has 1 heterocycles. The Balaban J connectivity index is 2.02. The summed E-state index contributed by atoms with van der Waals surface area (Å²) in [7, 11) is 1.59. The number of allylic oxidation sites excluding steroid dienone is 2. The highest BCUT2D eigenvalue weighted by atomic mass is 16.7. The predicted molar refractivity (Wildman–Crippen MR) is 88.9 cm³/mol. The van der Waals surface area contributed by atoms with Gasteiger partial charge in [-0.1, -0.05) is 12.1 Å². The second-order valence-corrected chi connectivity index (χ2v) is 6.27. The summed E-state index contributed by atoms with van der Waals surface area (Å²) in [5.74, 6) is -2.64. The summed E-state index contributed by atoms with van der Waals surface area (Å²) in [6, 6.07) is 7.40. The van der Waals surface area contributed by atoms with E-state index >= 15 is 0 Å². The Bertz CT molecular complexity index is 705. The zero-order chi connectivity index (χ0) is 18.0. The average Bonchev–Trinajstić information content (AvgIpc) is 2.62. The molecule has 0 amide bonds. The number of rotatable bonds is 4. The number of Topliss-reactive ketones (excluding diaryl/α,β-unsaturated/α-hetero) is 1. The first-order chi connectivity index (χ1) is 12.0. The third-order valence-corrected chi connectivity index (χ3v) is 4.68. The standard InChI is InChI=1S/C19H22O6/c1-3-24-18(21)19(22)11-15(12-7-9-13(23-2)10-8-12)14-5-4-6-16(20)17(14)25-19/h7-10,15,22H,3-6,11H2,1-2H3/t15-,19+/m0/s1. The Kier molecular flexibility index (Phi) is 4.81. The van der Waals surface area contributed by atoms with Gasteiger partial charge >= 0.3 is 11.8 Å². The molecule has 0 bridgehead atoms. The first kappa shape index (κ1) is 17.5. The molecular formula is C19H22O6. The molecule has 0 aromatic heterocycles. The average molecular weight is 346 g/mol. The van der Waals surface area contributed by atoms with Crippen LogP contribution < -0.4 is 4.74 Å². The number of carbonyl (C=O) groups is 2. The minimum Gasteiger partial charge on any atom is -0.497 e. The molecule has 0 fully saturated rings. The first-order valence-corrected chi connectivity index (χ1v) is 8.47. The molecule has 0 unspecified atom stereocenters. The van der Waals surface area contributed by atoms with Gasteiger partial charge in [0.2, 0.25) is 0 Å². The van der Waals surface area contributed by atoms with Crippen LogP contribution in [0.5, 0.6) is 5.75 Å². The van der Waals surface area contributed by atoms with Crippen LogP contribution >= 0.6 is 0 Å². The first-order valence-electron chi connectivity index (χ1n) is 8.47. The van der Waals surface area contributed by atoms with Gasteiger partial charge in [0.25, 0.3) is 0 Å². The van der Waals surface area contributed by atoms with Crippen molar-refractivity contribution in [1.82, 2.24) is 0 Å². The highest BCUT2D eigenvalue weighted by Crippen LogP contribution is 2.45. The molecule has 1 N–H and O–H groups in total. The summed E-state index contributed by atoms with van der Waals surface area (Å²) in [6.07, 6.45) is 1.82. The maximum absolute atomic E-state index is 12.3. The smallest absolute Gasteiger partial charge is 0.379 e. The van der Waals surface area contributed by atoms with Crippen molar-refractivity contribution >= 4 is 11.8 Å². The fourth-order valence-electron chi connectivity index (χ4n) is 3.43. The molecule has 25 heavy (non-hydrogen) atoms. The number of benzene rings is 1. The lowest BCUT2D eigenvalue weighted by Gasteiger charge is -2.39. The molecule has 1 aromatic rings. The second-order valence-electron chi connectivity index (χ2n) is 6.27. The van der Waals surface area contributed by atoms with Gasteiger partial charge in [0, 0.05) is 18.8 Å². The number of hydrogen-bond acceptors (Lipinski definition) is 6. The van der Waals surface area contributed by atoms with Gasteiger partial charge in [-0.2, -0.15) is 0 Å². The van der Waals surface area contributed by atoms with Crippen molar-refractivity contribution in [3.8, 4) is 5.75 Å². The molecule has 134 valence electrons. The van der Waals surface area contributed by atoms with E-state index in [1.807, 2.05) is 24.3 Å². The van der Waals surface area contributed by atoms with Crippen LogP contribution in [0.4, 0.5) is 0 Å². The van der Waals surface area contributed by atoms with E-state index in [0.29, 0.717) is 18.6 Å². The molecule has 0 saturated heterocycles. The maximum atomic E-state index is 12.3. The molecule has 6 heteroatoms. The molecular weight excluding hydrogens is 324 g/mol. The number of ketones is 1. The van der Waals surface area contributed by atoms with E-state index in [-0.39, 0.29) is 30.5 Å². The number of methoxy groups -OCH3 is 1. The van der Waals surface area contributed by atoms with Gasteiger partial charge in [-0.3, -0.25) is 4.79 Å². The van der Waals surface area contributed by atoms with E-state index < -0.39 is 11.8 Å². The van der Waals surface area contributed by atoms with Crippen molar-refractivity contribution in [1.29, 1.82) is 0 Å². The molecule has 3 rings (SSSR count). The maximum Gasteiger partial charge on any atom is 0.379 e. The molecule has 2 atom stereocenters. The van der Waals surface area contributed by atoms with Gasteiger partial charge in [0.05, 0.1) is 13.7 Å². The van der Waals surface area contributed by atoms with E-state index in [2.05, 4.69) is 0 Å². The van der Waals surface area contributed by atoms with Crippen molar-refractivity contribution in [3.05, 3.63) is 41.2 Å². The summed E-state index contributed by atoms with van der Waals surface area (Å²) in [6.45, 7) is 1.78. The van der Waals surface area contributed by atoms with Crippen LogP contribution in [0.25, 0.3) is 0 Å². The number of esters is 1. The molecule has 1 aliphatic heterocycles. The number of hydrogen-bond donors (Lipinski definition) is 1. The summed E-state index contributed by atoms with van der Waals surface area (Å²) in [5.41, 5.74) is 1.74. The fourth-order valence-corrected chi connectivity index (χ4v) is 3.43. The zero-order valence-electron chi connectivity index (χ0n) is 14.4. The van der Waals surface area contributed by atoms with Gasteiger partial charge in [-0.15, -0.1) is 0 Å². The van der Waals surface area contributed by atoms with Crippen molar-refractivity contribution in [2.75, 3.05) is 13.7 Å².